The lowest BCUT2D eigenvalue weighted by Crippen LogP contribution is -2.28. The van der Waals surface area contributed by atoms with Gasteiger partial charge in [0.25, 0.3) is 0 Å². The molecule has 0 spiro atoms. The highest BCUT2D eigenvalue weighted by Gasteiger charge is 2.32. The highest BCUT2D eigenvalue weighted by molar-refractivity contribution is 5.30. The Morgan fingerprint density at radius 1 is 1.47 bits per heavy atom. The Kier molecular flexibility index (Phi) is 2.42. The Bertz CT molecular complexity index is 373. The van der Waals surface area contributed by atoms with E-state index in [1.807, 2.05) is 6.92 Å². The summed E-state index contributed by atoms with van der Waals surface area (Å²) in [6.45, 7) is 3.19. The van der Waals surface area contributed by atoms with E-state index >= 15 is 0 Å². The van der Waals surface area contributed by atoms with Crippen LogP contribution in [0.4, 0.5) is 13.2 Å². The molecule has 15 heavy (non-hydrogen) atoms. The van der Waals surface area contributed by atoms with Gasteiger partial charge < -0.3 is 5.32 Å². The van der Waals surface area contributed by atoms with Crippen LogP contribution in [0.1, 0.15) is 29.7 Å². The maximum Gasteiger partial charge on any atom is 0.417 e. The lowest BCUT2D eigenvalue weighted by Gasteiger charge is -2.23. The Balaban J connectivity index is 2.42. The zero-order chi connectivity index (χ0) is 11.1. The predicted molar refractivity (Wildman–Crippen MR) is 49.4 cm³/mol. The van der Waals surface area contributed by atoms with Gasteiger partial charge in [-0.1, -0.05) is 6.92 Å². The molecule has 0 bridgehead atoms. The minimum absolute atomic E-state index is 0.177. The number of nitrogens with zero attached hydrogens (tertiary/aromatic N) is 1. The van der Waals surface area contributed by atoms with Gasteiger partial charge in [-0.2, -0.15) is 13.2 Å². The molecule has 1 atom stereocenters. The first-order valence-corrected chi connectivity index (χ1v) is 4.75. The second-order valence-electron chi connectivity index (χ2n) is 3.80. The molecular weight excluding hydrogens is 205 g/mol. The fourth-order valence-electron chi connectivity index (χ4n) is 1.78. The molecule has 82 valence electrons. The Morgan fingerprint density at radius 3 is 2.87 bits per heavy atom. The lowest BCUT2D eigenvalue weighted by atomic mass is 9.97. The molecule has 0 aliphatic carbocycles. The van der Waals surface area contributed by atoms with Crippen molar-refractivity contribution in [2.45, 2.75) is 25.6 Å². The van der Waals surface area contributed by atoms with Crippen molar-refractivity contribution in [3.63, 3.8) is 0 Å². The fraction of sp³-hybridized carbons (Fsp3) is 0.500. The SMILES string of the molecule is C[C@H]1CNCc2cc(C(F)(F)F)cnc21. The van der Waals surface area contributed by atoms with E-state index in [-0.39, 0.29) is 5.92 Å². The van der Waals surface area contributed by atoms with Crippen LogP contribution in [0.25, 0.3) is 0 Å². The molecule has 2 rings (SSSR count). The molecule has 0 saturated heterocycles. The van der Waals surface area contributed by atoms with E-state index in [1.54, 1.807) is 0 Å². The summed E-state index contributed by atoms with van der Waals surface area (Å²) in [6.07, 6.45) is -3.39. The molecule has 1 aliphatic rings. The molecule has 2 nitrogen and oxygen atoms in total. The van der Waals surface area contributed by atoms with E-state index in [9.17, 15) is 13.2 Å². The summed E-state index contributed by atoms with van der Waals surface area (Å²) in [6, 6.07) is 1.19. The third-order valence-electron chi connectivity index (χ3n) is 2.56. The van der Waals surface area contributed by atoms with E-state index in [1.165, 1.54) is 6.07 Å². The third kappa shape index (κ3) is 1.97. The van der Waals surface area contributed by atoms with E-state index in [0.29, 0.717) is 12.1 Å². The Hall–Kier alpha value is -1.10. The number of hydrogen-bond acceptors (Lipinski definition) is 2. The second-order valence-corrected chi connectivity index (χ2v) is 3.80. The van der Waals surface area contributed by atoms with Gasteiger partial charge in [-0.25, -0.2) is 0 Å². The average Bonchev–Trinajstić information content (AvgIpc) is 2.16. The van der Waals surface area contributed by atoms with Crippen molar-refractivity contribution in [3.8, 4) is 0 Å². The van der Waals surface area contributed by atoms with Crippen molar-refractivity contribution >= 4 is 0 Å². The van der Waals surface area contributed by atoms with Gasteiger partial charge in [0.1, 0.15) is 0 Å². The summed E-state index contributed by atoms with van der Waals surface area (Å²) >= 11 is 0. The molecule has 1 aromatic heterocycles. The first-order chi connectivity index (χ1) is 6.98. The van der Waals surface area contributed by atoms with Gasteiger partial charge in [0.05, 0.1) is 5.56 Å². The summed E-state index contributed by atoms with van der Waals surface area (Å²) in [4.78, 5) is 3.91. The quantitative estimate of drug-likeness (QED) is 0.719. The molecule has 0 unspecified atom stereocenters. The smallest absolute Gasteiger partial charge is 0.312 e. The minimum Gasteiger partial charge on any atom is -0.312 e. The second kappa shape index (κ2) is 3.48. The van der Waals surface area contributed by atoms with Crippen LogP contribution < -0.4 is 5.32 Å². The van der Waals surface area contributed by atoms with Crippen LogP contribution in [-0.2, 0) is 12.7 Å². The van der Waals surface area contributed by atoms with Gasteiger partial charge in [-0.3, -0.25) is 4.98 Å². The van der Waals surface area contributed by atoms with Gasteiger partial charge in [0.2, 0.25) is 0 Å². The lowest BCUT2D eigenvalue weighted by molar-refractivity contribution is -0.137. The van der Waals surface area contributed by atoms with Crippen LogP contribution in [0.3, 0.4) is 0 Å². The van der Waals surface area contributed by atoms with Gasteiger partial charge >= 0.3 is 6.18 Å². The monoisotopic (exact) mass is 216 g/mol. The van der Waals surface area contributed by atoms with Crippen LogP contribution in [0.5, 0.6) is 0 Å². The van der Waals surface area contributed by atoms with Crippen molar-refractivity contribution < 1.29 is 13.2 Å². The number of aromatic nitrogens is 1. The standard InChI is InChI=1S/C10H11F3N2/c1-6-3-14-4-7-2-8(10(11,12)13)5-15-9(6)7/h2,5-6,14H,3-4H2,1H3/t6-/m0/s1. The third-order valence-corrected chi connectivity index (χ3v) is 2.56. The van der Waals surface area contributed by atoms with Crippen molar-refractivity contribution in [2.75, 3.05) is 6.54 Å². The van der Waals surface area contributed by atoms with Crippen molar-refractivity contribution in [1.82, 2.24) is 10.3 Å². The maximum absolute atomic E-state index is 12.4. The molecule has 2 heterocycles. The first kappa shape index (κ1) is 10.4. The average molecular weight is 216 g/mol. The molecule has 0 fully saturated rings. The highest BCUT2D eigenvalue weighted by atomic mass is 19.4. The molecule has 0 amide bonds. The van der Waals surface area contributed by atoms with Crippen LogP contribution >= 0.6 is 0 Å². The van der Waals surface area contributed by atoms with Crippen molar-refractivity contribution in [2.24, 2.45) is 0 Å². The van der Waals surface area contributed by atoms with Gasteiger partial charge in [0, 0.05) is 30.9 Å². The summed E-state index contributed by atoms with van der Waals surface area (Å²) in [5.74, 6) is 0.177. The zero-order valence-electron chi connectivity index (χ0n) is 8.23. The number of halogens is 3. The summed E-state index contributed by atoms with van der Waals surface area (Å²) in [5, 5.41) is 3.06. The summed E-state index contributed by atoms with van der Waals surface area (Å²) in [7, 11) is 0. The van der Waals surface area contributed by atoms with Crippen LogP contribution in [0.15, 0.2) is 12.3 Å². The molecular formula is C10H11F3N2. The minimum atomic E-state index is -4.30. The van der Waals surface area contributed by atoms with E-state index in [4.69, 9.17) is 0 Å². The van der Waals surface area contributed by atoms with Gasteiger partial charge in [-0.15, -0.1) is 0 Å². The normalized spacial score (nSPS) is 21.2. The maximum atomic E-state index is 12.4. The van der Waals surface area contributed by atoms with Crippen LogP contribution in [-0.4, -0.2) is 11.5 Å². The molecule has 0 saturated carbocycles. The van der Waals surface area contributed by atoms with Crippen molar-refractivity contribution in [1.29, 1.82) is 0 Å². The summed E-state index contributed by atoms with van der Waals surface area (Å²) in [5.41, 5.74) is 0.766. The van der Waals surface area contributed by atoms with Gasteiger partial charge in [0.15, 0.2) is 0 Å². The number of pyridine rings is 1. The highest BCUT2D eigenvalue weighted by Crippen LogP contribution is 2.31. The number of rotatable bonds is 0. The molecule has 1 aromatic rings. The molecule has 5 heteroatoms. The zero-order valence-corrected chi connectivity index (χ0v) is 8.23. The van der Waals surface area contributed by atoms with E-state index < -0.39 is 11.7 Å². The fourth-order valence-corrected chi connectivity index (χ4v) is 1.78. The van der Waals surface area contributed by atoms with E-state index in [0.717, 1.165) is 18.4 Å². The summed E-state index contributed by atoms with van der Waals surface area (Å²) < 4.78 is 37.2. The predicted octanol–water partition coefficient (Wildman–Crippen LogP) is 2.31. The molecule has 0 aromatic carbocycles. The Labute approximate surface area is 85.5 Å². The molecule has 1 aliphatic heterocycles. The number of hydrogen-bond donors (Lipinski definition) is 1. The molecule has 0 radical (unpaired) electrons. The first-order valence-electron chi connectivity index (χ1n) is 4.75. The van der Waals surface area contributed by atoms with Gasteiger partial charge in [-0.05, 0) is 11.6 Å². The van der Waals surface area contributed by atoms with Crippen LogP contribution in [0, 0.1) is 0 Å². The topological polar surface area (TPSA) is 24.9 Å². The van der Waals surface area contributed by atoms with Crippen molar-refractivity contribution in [3.05, 3.63) is 29.1 Å². The number of alkyl halides is 3. The van der Waals surface area contributed by atoms with Crippen LogP contribution in [0.2, 0.25) is 0 Å². The molecule has 1 N–H and O–H groups in total. The number of fused-ring (bicyclic) bond motifs is 1. The number of nitrogens with one attached hydrogen (secondary N) is 1. The Morgan fingerprint density at radius 2 is 2.20 bits per heavy atom. The van der Waals surface area contributed by atoms with E-state index in [2.05, 4.69) is 10.3 Å². The largest absolute Gasteiger partial charge is 0.417 e.